The molecule has 3 nitrogen and oxygen atoms in total. The zero-order valence-electron chi connectivity index (χ0n) is 9.03. The Labute approximate surface area is 101 Å². The average Bonchev–Trinajstić information content (AvgIpc) is 2.68. The van der Waals surface area contributed by atoms with Crippen molar-refractivity contribution in [2.45, 2.75) is 23.8 Å². The molecule has 0 aromatic heterocycles. The summed E-state index contributed by atoms with van der Waals surface area (Å²) in [5, 5.41) is 3.66. The molecule has 0 amide bonds. The normalized spacial score (nSPS) is 21.2. The van der Waals surface area contributed by atoms with Gasteiger partial charge >= 0.3 is 0 Å². The van der Waals surface area contributed by atoms with E-state index in [0.29, 0.717) is 11.1 Å². The van der Waals surface area contributed by atoms with E-state index in [0.717, 1.165) is 24.9 Å². The molecule has 5 heteroatoms. The Bertz CT molecular complexity index is 493. The molecule has 2 rings (SSSR count). The molecule has 1 N–H and O–H groups in total. The van der Waals surface area contributed by atoms with Gasteiger partial charge < -0.3 is 5.32 Å². The van der Waals surface area contributed by atoms with Crippen molar-refractivity contribution in [2.24, 2.45) is 0 Å². The first-order valence-corrected chi connectivity index (χ1v) is 7.48. The monoisotopic (exact) mass is 259 g/mol. The Hall–Kier alpha value is -0.580. The maximum absolute atomic E-state index is 11.4. The summed E-state index contributed by atoms with van der Waals surface area (Å²) in [4.78, 5) is 0.205. The first-order valence-electron chi connectivity index (χ1n) is 5.21. The molecule has 16 heavy (non-hydrogen) atoms. The molecule has 88 valence electrons. The molecule has 1 aromatic carbocycles. The predicted molar refractivity (Wildman–Crippen MR) is 64.5 cm³/mol. The van der Waals surface area contributed by atoms with Gasteiger partial charge in [-0.2, -0.15) is 0 Å². The number of rotatable bonds is 2. The van der Waals surface area contributed by atoms with Gasteiger partial charge in [-0.25, -0.2) is 8.42 Å². The molecule has 1 heterocycles. The zero-order valence-corrected chi connectivity index (χ0v) is 10.6. The van der Waals surface area contributed by atoms with Gasteiger partial charge in [0.25, 0.3) is 0 Å². The van der Waals surface area contributed by atoms with Crippen LogP contribution in [0.3, 0.4) is 0 Å². The maximum Gasteiger partial charge on any atom is 0.176 e. The first-order chi connectivity index (χ1) is 7.48. The number of nitrogens with one attached hydrogen (secondary N) is 1. The van der Waals surface area contributed by atoms with Gasteiger partial charge in [-0.1, -0.05) is 17.7 Å². The topological polar surface area (TPSA) is 46.2 Å². The summed E-state index contributed by atoms with van der Waals surface area (Å²) in [6, 6.07) is 5.49. The summed E-state index contributed by atoms with van der Waals surface area (Å²) in [5.74, 6) is 0. The van der Waals surface area contributed by atoms with E-state index in [2.05, 4.69) is 5.32 Å². The zero-order chi connectivity index (χ0) is 11.8. The van der Waals surface area contributed by atoms with Crippen LogP contribution in [0.25, 0.3) is 0 Å². The molecule has 0 bridgehead atoms. The third-order valence-electron chi connectivity index (χ3n) is 2.82. The van der Waals surface area contributed by atoms with Crippen molar-refractivity contribution in [3.63, 3.8) is 0 Å². The van der Waals surface area contributed by atoms with Crippen molar-refractivity contribution in [3.05, 3.63) is 28.8 Å². The Balaban J connectivity index is 2.36. The fraction of sp³-hybridized carbons (Fsp3) is 0.455. The number of hydrogen-bond acceptors (Lipinski definition) is 3. The molecular formula is C11H14ClNO2S. The summed E-state index contributed by atoms with van der Waals surface area (Å²) in [6.45, 7) is 1.01. The van der Waals surface area contributed by atoms with E-state index >= 15 is 0 Å². The second-order valence-electron chi connectivity index (χ2n) is 4.11. The molecule has 1 unspecified atom stereocenters. The van der Waals surface area contributed by atoms with E-state index in [1.807, 2.05) is 6.07 Å². The van der Waals surface area contributed by atoms with Gasteiger partial charge in [-0.05, 0) is 37.1 Å². The van der Waals surface area contributed by atoms with Crippen molar-refractivity contribution in [3.8, 4) is 0 Å². The first kappa shape index (κ1) is 11.9. The van der Waals surface area contributed by atoms with Crippen LogP contribution in [0, 0.1) is 0 Å². The quantitative estimate of drug-likeness (QED) is 0.886. The lowest BCUT2D eigenvalue weighted by Gasteiger charge is -2.12. The predicted octanol–water partition coefficient (Wildman–Crippen LogP) is 2.17. The minimum Gasteiger partial charge on any atom is -0.310 e. The molecule has 1 fully saturated rings. The summed E-state index contributed by atoms with van der Waals surface area (Å²) >= 11 is 5.99. The minimum absolute atomic E-state index is 0.205. The Kier molecular flexibility index (Phi) is 3.24. The fourth-order valence-corrected chi connectivity index (χ4v) is 3.34. The SMILES string of the molecule is CS(=O)(=O)c1ccc(C2CCCN2)cc1Cl. The third-order valence-corrected chi connectivity index (χ3v) is 4.40. The summed E-state index contributed by atoms with van der Waals surface area (Å²) in [6.07, 6.45) is 3.40. The van der Waals surface area contributed by atoms with E-state index < -0.39 is 9.84 Å². The molecule has 1 aromatic rings. The Morgan fingerprint density at radius 2 is 2.19 bits per heavy atom. The van der Waals surface area contributed by atoms with Gasteiger partial charge in [0.2, 0.25) is 0 Å². The van der Waals surface area contributed by atoms with Gasteiger partial charge in [-0.3, -0.25) is 0 Å². The molecule has 1 aliphatic heterocycles. The van der Waals surface area contributed by atoms with Gasteiger partial charge in [0.1, 0.15) is 0 Å². The van der Waals surface area contributed by atoms with Crippen LogP contribution in [0.4, 0.5) is 0 Å². The van der Waals surface area contributed by atoms with Crippen LogP contribution in [0.2, 0.25) is 5.02 Å². The van der Waals surface area contributed by atoms with Gasteiger partial charge in [-0.15, -0.1) is 0 Å². The van der Waals surface area contributed by atoms with Crippen LogP contribution < -0.4 is 5.32 Å². The second-order valence-corrected chi connectivity index (χ2v) is 6.50. The van der Waals surface area contributed by atoms with E-state index in [4.69, 9.17) is 11.6 Å². The van der Waals surface area contributed by atoms with Crippen LogP contribution in [-0.4, -0.2) is 21.2 Å². The van der Waals surface area contributed by atoms with Gasteiger partial charge in [0.15, 0.2) is 9.84 Å². The molecule has 1 atom stereocenters. The van der Waals surface area contributed by atoms with E-state index in [9.17, 15) is 8.42 Å². The number of benzene rings is 1. The lowest BCUT2D eigenvalue weighted by Crippen LogP contribution is -2.13. The van der Waals surface area contributed by atoms with Crippen LogP contribution >= 0.6 is 11.6 Å². The highest BCUT2D eigenvalue weighted by Crippen LogP contribution is 2.29. The van der Waals surface area contributed by atoms with E-state index in [1.165, 1.54) is 6.26 Å². The molecule has 0 saturated carbocycles. The summed E-state index contributed by atoms with van der Waals surface area (Å²) in [7, 11) is -3.23. The van der Waals surface area contributed by atoms with Crippen LogP contribution in [-0.2, 0) is 9.84 Å². The third kappa shape index (κ3) is 2.39. The van der Waals surface area contributed by atoms with E-state index in [-0.39, 0.29) is 4.90 Å². The lowest BCUT2D eigenvalue weighted by molar-refractivity contribution is 0.601. The van der Waals surface area contributed by atoms with Crippen LogP contribution in [0.1, 0.15) is 24.4 Å². The highest BCUT2D eigenvalue weighted by atomic mass is 35.5. The highest BCUT2D eigenvalue weighted by Gasteiger charge is 2.19. The van der Waals surface area contributed by atoms with Crippen LogP contribution in [0.5, 0.6) is 0 Å². The fourth-order valence-electron chi connectivity index (χ4n) is 2.00. The Morgan fingerprint density at radius 3 is 2.69 bits per heavy atom. The average molecular weight is 260 g/mol. The molecular weight excluding hydrogens is 246 g/mol. The smallest absolute Gasteiger partial charge is 0.176 e. The number of sulfone groups is 1. The second kappa shape index (κ2) is 4.35. The highest BCUT2D eigenvalue weighted by molar-refractivity contribution is 7.90. The van der Waals surface area contributed by atoms with Crippen molar-refractivity contribution in [1.29, 1.82) is 0 Å². The van der Waals surface area contributed by atoms with Gasteiger partial charge in [0.05, 0.1) is 9.92 Å². The number of hydrogen-bond donors (Lipinski definition) is 1. The largest absolute Gasteiger partial charge is 0.310 e. The minimum atomic E-state index is -3.23. The maximum atomic E-state index is 11.4. The number of halogens is 1. The van der Waals surface area contributed by atoms with E-state index in [1.54, 1.807) is 12.1 Å². The summed E-state index contributed by atoms with van der Waals surface area (Å²) < 4.78 is 22.8. The van der Waals surface area contributed by atoms with Crippen molar-refractivity contribution < 1.29 is 8.42 Å². The molecule has 0 radical (unpaired) electrons. The molecule has 1 saturated heterocycles. The molecule has 0 aliphatic carbocycles. The van der Waals surface area contributed by atoms with Crippen molar-refractivity contribution in [2.75, 3.05) is 12.8 Å². The Morgan fingerprint density at radius 1 is 1.44 bits per heavy atom. The molecule has 0 spiro atoms. The van der Waals surface area contributed by atoms with Crippen molar-refractivity contribution in [1.82, 2.24) is 5.32 Å². The lowest BCUT2D eigenvalue weighted by atomic mass is 10.1. The summed E-state index contributed by atoms with van der Waals surface area (Å²) in [5.41, 5.74) is 1.06. The van der Waals surface area contributed by atoms with Crippen LogP contribution in [0.15, 0.2) is 23.1 Å². The van der Waals surface area contributed by atoms with Crippen molar-refractivity contribution >= 4 is 21.4 Å². The molecule has 1 aliphatic rings. The standard InChI is InChI=1S/C11H14ClNO2S/c1-16(14,15)11-5-4-8(7-9(11)12)10-3-2-6-13-10/h4-5,7,10,13H,2-3,6H2,1H3. The van der Waals surface area contributed by atoms with Gasteiger partial charge in [0, 0.05) is 12.3 Å².